The first-order valence-electron chi connectivity index (χ1n) is 8.15. The molecule has 23 heavy (non-hydrogen) atoms. The number of nitrogens with one attached hydrogen (secondary N) is 1. The number of aromatic amines is 1. The summed E-state index contributed by atoms with van der Waals surface area (Å²) >= 11 is 0. The average molecular weight is 315 g/mol. The van der Waals surface area contributed by atoms with Crippen LogP contribution in [0.15, 0.2) is 22.0 Å². The van der Waals surface area contributed by atoms with E-state index in [2.05, 4.69) is 29.1 Å². The van der Waals surface area contributed by atoms with Gasteiger partial charge in [-0.2, -0.15) is 10.2 Å². The standard InChI is InChI=1S/C16H21N5O2/c1-3-5-7-20-14-13(19-21(20)8-6-4-2)15(22)11-9-17-18-10-12(11)16(14)23/h9-10,19H,3-8H2,1-2H3. The van der Waals surface area contributed by atoms with Crippen LogP contribution in [0.1, 0.15) is 39.5 Å². The lowest BCUT2D eigenvalue weighted by molar-refractivity contribution is 0.379. The number of aromatic nitrogens is 5. The third-order valence-corrected chi connectivity index (χ3v) is 4.14. The van der Waals surface area contributed by atoms with Crippen LogP contribution in [0.4, 0.5) is 0 Å². The van der Waals surface area contributed by atoms with Crippen molar-refractivity contribution < 1.29 is 0 Å². The molecule has 0 bridgehead atoms. The summed E-state index contributed by atoms with van der Waals surface area (Å²) in [7, 11) is 0. The molecular weight excluding hydrogens is 294 g/mol. The monoisotopic (exact) mass is 315 g/mol. The Morgan fingerprint density at radius 3 is 2.22 bits per heavy atom. The number of hydrogen-bond acceptors (Lipinski definition) is 4. The molecule has 0 amide bonds. The maximum atomic E-state index is 12.9. The highest BCUT2D eigenvalue weighted by atomic mass is 16.1. The van der Waals surface area contributed by atoms with E-state index in [9.17, 15) is 9.59 Å². The van der Waals surface area contributed by atoms with Gasteiger partial charge in [0.25, 0.3) is 0 Å². The van der Waals surface area contributed by atoms with Crippen LogP contribution in [0.5, 0.6) is 0 Å². The highest BCUT2D eigenvalue weighted by Gasteiger charge is 2.14. The van der Waals surface area contributed by atoms with Gasteiger partial charge >= 0.3 is 0 Å². The van der Waals surface area contributed by atoms with E-state index >= 15 is 0 Å². The Balaban J connectivity index is 2.38. The summed E-state index contributed by atoms with van der Waals surface area (Å²) in [6, 6.07) is 0. The summed E-state index contributed by atoms with van der Waals surface area (Å²) in [4.78, 5) is 27.4. The molecule has 2 heterocycles. The van der Waals surface area contributed by atoms with Gasteiger partial charge in [-0.05, 0) is 12.8 Å². The molecule has 0 aromatic carbocycles. The highest BCUT2D eigenvalue weighted by molar-refractivity contribution is 5.79. The van der Waals surface area contributed by atoms with Crippen molar-refractivity contribution in [1.82, 2.24) is 24.8 Å². The topological polar surface area (TPSA) is 85.6 Å². The molecule has 0 radical (unpaired) electrons. The highest BCUT2D eigenvalue weighted by Crippen LogP contribution is 2.05. The number of fused-ring (bicyclic) bond motifs is 1. The Morgan fingerprint density at radius 2 is 1.57 bits per heavy atom. The molecule has 1 aromatic rings. The molecule has 0 spiro atoms. The molecule has 0 saturated carbocycles. The van der Waals surface area contributed by atoms with Crippen LogP contribution in [0, 0.1) is 10.7 Å². The van der Waals surface area contributed by atoms with Crippen molar-refractivity contribution in [3.63, 3.8) is 0 Å². The second-order valence-electron chi connectivity index (χ2n) is 5.76. The van der Waals surface area contributed by atoms with Gasteiger partial charge in [0.15, 0.2) is 0 Å². The minimum Gasteiger partial charge on any atom is -0.287 e. The molecule has 0 saturated heterocycles. The van der Waals surface area contributed by atoms with Gasteiger partial charge in [0.05, 0.1) is 29.7 Å². The van der Waals surface area contributed by atoms with E-state index < -0.39 is 0 Å². The lowest BCUT2D eigenvalue weighted by atomic mass is 10.2. The van der Waals surface area contributed by atoms with Gasteiger partial charge in [-0.3, -0.25) is 19.4 Å². The molecule has 7 nitrogen and oxygen atoms in total. The average Bonchev–Trinajstić information content (AvgIpc) is 2.94. The molecule has 2 aliphatic rings. The van der Waals surface area contributed by atoms with Gasteiger partial charge < -0.3 is 0 Å². The van der Waals surface area contributed by atoms with Crippen molar-refractivity contribution in [1.29, 1.82) is 0 Å². The van der Waals surface area contributed by atoms with Gasteiger partial charge in [-0.15, -0.1) is 0 Å². The molecule has 122 valence electrons. The maximum Gasteiger partial charge on any atom is 0.215 e. The Morgan fingerprint density at radius 1 is 0.957 bits per heavy atom. The first kappa shape index (κ1) is 15.5. The number of nitrogens with zero attached hydrogens (tertiary/aromatic N) is 4. The van der Waals surface area contributed by atoms with Crippen molar-refractivity contribution in [3.05, 3.63) is 43.5 Å². The number of hydrogen-bond donors (Lipinski definition) is 1. The van der Waals surface area contributed by atoms with Crippen LogP contribution in [-0.4, -0.2) is 24.8 Å². The first-order valence-corrected chi connectivity index (χ1v) is 8.15. The normalized spacial score (nSPS) is 11.6. The van der Waals surface area contributed by atoms with E-state index in [1.165, 1.54) is 12.4 Å². The van der Waals surface area contributed by atoms with Crippen molar-refractivity contribution in [3.8, 4) is 0 Å². The second kappa shape index (κ2) is 6.36. The van der Waals surface area contributed by atoms with E-state index in [0.717, 1.165) is 32.2 Å². The molecule has 1 aliphatic carbocycles. The van der Waals surface area contributed by atoms with Gasteiger partial charge in [-0.25, -0.2) is 4.80 Å². The number of unbranched alkanes of at least 4 members (excludes halogenated alkanes) is 2. The minimum absolute atomic E-state index is 0.160. The summed E-state index contributed by atoms with van der Waals surface area (Å²) in [5.41, 5.74) is -0.350. The molecule has 1 aliphatic heterocycles. The largest absolute Gasteiger partial charge is 0.287 e. The first-order chi connectivity index (χ1) is 11.2. The van der Waals surface area contributed by atoms with Crippen molar-refractivity contribution in [2.24, 2.45) is 0 Å². The van der Waals surface area contributed by atoms with Gasteiger partial charge in [-0.1, -0.05) is 26.7 Å². The third-order valence-electron chi connectivity index (χ3n) is 4.14. The fourth-order valence-electron chi connectivity index (χ4n) is 2.85. The van der Waals surface area contributed by atoms with E-state index in [-0.39, 0.29) is 10.9 Å². The zero-order chi connectivity index (χ0) is 16.4. The minimum atomic E-state index is -0.190. The number of H-pyrrole nitrogens is 1. The zero-order valence-electron chi connectivity index (χ0n) is 13.5. The molecule has 3 rings (SSSR count). The fraction of sp³-hybridized carbons (Fsp3) is 0.500. The van der Waals surface area contributed by atoms with Gasteiger partial charge in [0.1, 0.15) is 10.7 Å². The Hall–Kier alpha value is -2.44. The summed E-state index contributed by atoms with van der Waals surface area (Å²) in [5, 5.41) is 12.1. The lowest BCUT2D eigenvalue weighted by Gasteiger charge is -2.11. The summed E-state index contributed by atoms with van der Waals surface area (Å²) < 4.78 is 1.91. The van der Waals surface area contributed by atoms with Crippen LogP contribution < -0.4 is 10.9 Å². The predicted molar refractivity (Wildman–Crippen MR) is 87.5 cm³/mol. The van der Waals surface area contributed by atoms with Crippen LogP contribution in [0.2, 0.25) is 0 Å². The summed E-state index contributed by atoms with van der Waals surface area (Å²) in [5.74, 6) is 0. The third kappa shape index (κ3) is 2.56. The van der Waals surface area contributed by atoms with Crippen LogP contribution in [-0.2, 0) is 13.1 Å². The molecule has 0 atom stereocenters. The smallest absolute Gasteiger partial charge is 0.215 e. The van der Waals surface area contributed by atoms with E-state index in [0.29, 0.717) is 28.0 Å². The van der Waals surface area contributed by atoms with Gasteiger partial charge in [0.2, 0.25) is 10.9 Å². The van der Waals surface area contributed by atoms with Crippen molar-refractivity contribution in [2.45, 2.75) is 52.6 Å². The summed E-state index contributed by atoms with van der Waals surface area (Å²) in [6.45, 7) is 5.68. The predicted octanol–water partition coefficient (Wildman–Crippen LogP) is 1.61. The Bertz CT molecular complexity index is 998. The molecular formula is C16H21N5O2. The van der Waals surface area contributed by atoms with Gasteiger partial charge in [0, 0.05) is 6.54 Å². The maximum absolute atomic E-state index is 12.9. The van der Waals surface area contributed by atoms with Crippen LogP contribution in [0.3, 0.4) is 0 Å². The quantitative estimate of drug-likeness (QED) is 0.749. The van der Waals surface area contributed by atoms with E-state index in [1.807, 2.05) is 9.48 Å². The van der Waals surface area contributed by atoms with E-state index in [1.54, 1.807) is 0 Å². The molecule has 0 unspecified atom stereocenters. The molecule has 1 N–H and O–H groups in total. The fourth-order valence-corrected chi connectivity index (χ4v) is 2.85. The lowest BCUT2D eigenvalue weighted by Crippen LogP contribution is -2.21. The zero-order valence-corrected chi connectivity index (χ0v) is 13.5. The van der Waals surface area contributed by atoms with Crippen molar-refractivity contribution in [2.75, 3.05) is 0 Å². The molecule has 1 aromatic heterocycles. The number of aryl methyl sites for hydroxylation is 1. The summed E-state index contributed by atoms with van der Waals surface area (Å²) in [6.07, 6.45) is 6.74. The Labute approximate surface area is 132 Å². The van der Waals surface area contributed by atoms with Crippen molar-refractivity contribution >= 4 is 10.8 Å². The molecule has 7 heteroatoms. The Kier molecular flexibility index (Phi) is 4.27. The number of rotatable bonds is 6. The SMILES string of the molecule is CCCCn1[nH]c2c(=O)c3cnncc3c(=O)c=2n1CCCC. The van der Waals surface area contributed by atoms with Crippen LogP contribution in [0.25, 0.3) is 10.8 Å². The molecule has 0 fully saturated rings. The van der Waals surface area contributed by atoms with E-state index in [4.69, 9.17) is 0 Å². The van der Waals surface area contributed by atoms with Crippen LogP contribution >= 0.6 is 0 Å². The second-order valence-corrected chi connectivity index (χ2v) is 5.76.